The van der Waals surface area contributed by atoms with Gasteiger partial charge in [-0.1, -0.05) is 6.07 Å². The van der Waals surface area contributed by atoms with Crippen molar-refractivity contribution < 1.29 is 4.74 Å². The van der Waals surface area contributed by atoms with Crippen LogP contribution in [0.5, 0.6) is 5.75 Å². The molecule has 1 aromatic carbocycles. The van der Waals surface area contributed by atoms with Gasteiger partial charge in [-0.15, -0.1) is 0 Å². The Morgan fingerprint density at radius 2 is 1.93 bits per heavy atom. The van der Waals surface area contributed by atoms with Crippen LogP contribution in [0.3, 0.4) is 0 Å². The Labute approximate surface area is 86.1 Å². The second kappa shape index (κ2) is 4.47. The van der Waals surface area contributed by atoms with E-state index in [-0.39, 0.29) is 6.04 Å². The molecule has 2 nitrogen and oxygen atoms in total. The van der Waals surface area contributed by atoms with Crippen molar-refractivity contribution in [2.24, 2.45) is 5.73 Å². The first kappa shape index (κ1) is 11.1. The van der Waals surface area contributed by atoms with E-state index in [2.05, 4.69) is 19.9 Å². The summed E-state index contributed by atoms with van der Waals surface area (Å²) in [6.07, 6.45) is 0.927. The van der Waals surface area contributed by atoms with Crippen molar-refractivity contribution in [3.8, 4) is 5.75 Å². The van der Waals surface area contributed by atoms with Crippen LogP contribution in [0.15, 0.2) is 12.1 Å². The highest BCUT2D eigenvalue weighted by molar-refractivity contribution is 5.43. The van der Waals surface area contributed by atoms with E-state index in [9.17, 15) is 0 Å². The molecule has 0 aliphatic rings. The molecule has 0 amide bonds. The third kappa shape index (κ3) is 2.26. The fourth-order valence-electron chi connectivity index (χ4n) is 1.64. The fourth-order valence-corrected chi connectivity index (χ4v) is 1.64. The molecule has 0 fully saturated rings. The Morgan fingerprint density at radius 3 is 2.43 bits per heavy atom. The minimum Gasteiger partial charge on any atom is -0.496 e. The number of hydrogen-bond donors (Lipinski definition) is 1. The lowest BCUT2D eigenvalue weighted by Gasteiger charge is -2.13. The van der Waals surface area contributed by atoms with Gasteiger partial charge in [0.25, 0.3) is 0 Å². The van der Waals surface area contributed by atoms with Crippen LogP contribution in [0.4, 0.5) is 0 Å². The van der Waals surface area contributed by atoms with Crippen LogP contribution in [0.25, 0.3) is 0 Å². The third-order valence-corrected chi connectivity index (χ3v) is 2.61. The van der Waals surface area contributed by atoms with Gasteiger partial charge in [0.05, 0.1) is 7.11 Å². The van der Waals surface area contributed by atoms with Gasteiger partial charge in [-0.3, -0.25) is 0 Å². The summed E-state index contributed by atoms with van der Waals surface area (Å²) in [7, 11) is 1.70. The zero-order chi connectivity index (χ0) is 10.7. The molecule has 2 N–H and O–H groups in total. The van der Waals surface area contributed by atoms with Gasteiger partial charge >= 0.3 is 0 Å². The van der Waals surface area contributed by atoms with Crippen molar-refractivity contribution in [2.75, 3.05) is 7.11 Å². The molecule has 0 aromatic heterocycles. The topological polar surface area (TPSA) is 35.2 Å². The summed E-state index contributed by atoms with van der Waals surface area (Å²) < 4.78 is 5.25. The number of methoxy groups -OCH3 is 1. The van der Waals surface area contributed by atoms with Gasteiger partial charge in [0.2, 0.25) is 0 Å². The molecule has 0 radical (unpaired) electrons. The van der Waals surface area contributed by atoms with E-state index >= 15 is 0 Å². The van der Waals surface area contributed by atoms with E-state index < -0.39 is 0 Å². The molecule has 0 bridgehead atoms. The largest absolute Gasteiger partial charge is 0.496 e. The monoisotopic (exact) mass is 193 g/mol. The van der Waals surface area contributed by atoms with E-state index in [1.54, 1.807) is 7.11 Å². The highest BCUT2D eigenvalue weighted by atomic mass is 16.5. The zero-order valence-corrected chi connectivity index (χ0v) is 9.42. The van der Waals surface area contributed by atoms with E-state index in [4.69, 9.17) is 10.5 Å². The summed E-state index contributed by atoms with van der Waals surface area (Å²) in [6, 6.07) is 4.33. The molecule has 0 heterocycles. The van der Waals surface area contributed by atoms with E-state index in [0.717, 1.165) is 12.2 Å². The molecule has 14 heavy (non-hydrogen) atoms. The molecule has 2 heteroatoms. The van der Waals surface area contributed by atoms with Crippen LogP contribution in [-0.2, 0) is 6.42 Å². The normalized spacial score (nSPS) is 12.6. The lowest BCUT2D eigenvalue weighted by molar-refractivity contribution is 0.411. The van der Waals surface area contributed by atoms with E-state index in [1.165, 1.54) is 16.7 Å². The van der Waals surface area contributed by atoms with Crippen molar-refractivity contribution in [2.45, 2.75) is 33.2 Å². The molecule has 78 valence electrons. The first-order valence-corrected chi connectivity index (χ1v) is 4.95. The van der Waals surface area contributed by atoms with Crippen molar-refractivity contribution in [3.05, 3.63) is 28.8 Å². The second-order valence-electron chi connectivity index (χ2n) is 3.86. The lowest BCUT2D eigenvalue weighted by Crippen LogP contribution is -2.18. The lowest BCUT2D eigenvalue weighted by atomic mass is 9.98. The average Bonchev–Trinajstić information content (AvgIpc) is 2.13. The van der Waals surface area contributed by atoms with Crippen molar-refractivity contribution in [3.63, 3.8) is 0 Å². The first-order chi connectivity index (χ1) is 6.56. The van der Waals surface area contributed by atoms with Crippen LogP contribution in [0.1, 0.15) is 23.6 Å². The van der Waals surface area contributed by atoms with Crippen LogP contribution in [0.2, 0.25) is 0 Å². The van der Waals surface area contributed by atoms with Crippen molar-refractivity contribution in [1.29, 1.82) is 0 Å². The Kier molecular flexibility index (Phi) is 3.53. The van der Waals surface area contributed by atoms with E-state index in [1.807, 2.05) is 13.0 Å². The number of ether oxygens (including phenoxy) is 1. The van der Waals surface area contributed by atoms with Crippen LogP contribution in [-0.4, -0.2) is 13.2 Å². The molecule has 0 aliphatic carbocycles. The summed E-state index contributed by atoms with van der Waals surface area (Å²) >= 11 is 0. The molecule has 0 saturated heterocycles. The Balaban J connectivity index is 3.04. The first-order valence-electron chi connectivity index (χ1n) is 4.95. The van der Waals surface area contributed by atoms with Gasteiger partial charge in [-0.2, -0.15) is 0 Å². The summed E-state index contributed by atoms with van der Waals surface area (Å²) in [6.45, 7) is 6.23. The third-order valence-electron chi connectivity index (χ3n) is 2.61. The minimum atomic E-state index is 0.210. The number of rotatable bonds is 3. The summed E-state index contributed by atoms with van der Waals surface area (Å²) in [5.41, 5.74) is 9.61. The second-order valence-corrected chi connectivity index (χ2v) is 3.86. The Hall–Kier alpha value is -1.02. The molecule has 1 atom stereocenters. The zero-order valence-electron chi connectivity index (χ0n) is 9.42. The SMILES string of the molecule is COc1ccc(CC(C)N)c(C)c1C. The van der Waals surface area contributed by atoms with Gasteiger partial charge in [0, 0.05) is 6.04 Å². The standard InChI is InChI=1S/C12H19NO/c1-8(13)7-11-5-6-12(14-4)10(3)9(11)2/h5-6,8H,7,13H2,1-4H3. The summed E-state index contributed by atoms with van der Waals surface area (Å²) in [5.74, 6) is 0.955. The number of nitrogens with two attached hydrogens (primary N) is 1. The smallest absolute Gasteiger partial charge is 0.122 e. The molecule has 1 aromatic rings. The quantitative estimate of drug-likeness (QED) is 0.798. The van der Waals surface area contributed by atoms with Crippen LogP contribution in [0, 0.1) is 13.8 Å². The predicted octanol–water partition coefficient (Wildman–Crippen LogP) is 2.20. The predicted molar refractivity (Wildman–Crippen MR) is 59.8 cm³/mol. The van der Waals surface area contributed by atoms with Gasteiger partial charge in [-0.05, 0) is 49.9 Å². The van der Waals surface area contributed by atoms with Crippen LogP contribution >= 0.6 is 0 Å². The molecule has 0 saturated carbocycles. The molecule has 0 aliphatic heterocycles. The highest BCUT2D eigenvalue weighted by Gasteiger charge is 2.07. The Bertz CT molecular complexity index is 318. The summed E-state index contributed by atoms with van der Waals surface area (Å²) in [5, 5.41) is 0. The Morgan fingerprint density at radius 1 is 1.29 bits per heavy atom. The van der Waals surface area contributed by atoms with Gasteiger partial charge in [0.1, 0.15) is 5.75 Å². The van der Waals surface area contributed by atoms with Crippen molar-refractivity contribution in [1.82, 2.24) is 0 Å². The minimum absolute atomic E-state index is 0.210. The molecular formula is C12H19NO. The van der Waals surface area contributed by atoms with E-state index in [0.29, 0.717) is 0 Å². The molecular weight excluding hydrogens is 174 g/mol. The molecule has 1 unspecified atom stereocenters. The number of benzene rings is 1. The maximum atomic E-state index is 5.78. The maximum absolute atomic E-state index is 5.78. The average molecular weight is 193 g/mol. The van der Waals surface area contributed by atoms with Gasteiger partial charge in [0.15, 0.2) is 0 Å². The fraction of sp³-hybridized carbons (Fsp3) is 0.500. The van der Waals surface area contributed by atoms with Crippen LogP contribution < -0.4 is 10.5 Å². The van der Waals surface area contributed by atoms with Gasteiger partial charge in [-0.25, -0.2) is 0 Å². The molecule has 0 spiro atoms. The van der Waals surface area contributed by atoms with Crippen molar-refractivity contribution >= 4 is 0 Å². The highest BCUT2D eigenvalue weighted by Crippen LogP contribution is 2.24. The number of hydrogen-bond acceptors (Lipinski definition) is 2. The summed E-state index contributed by atoms with van der Waals surface area (Å²) in [4.78, 5) is 0. The maximum Gasteiger partial charge on any atom is 0.122 e. The molecule has 1 rings (SSSR count). The van der Waals surface area contributed by atoms with Gasteiger partial charge < -0.3 is 10.5 Å².